The zero-order valence-electron chi connectivity index (χ0n) is 10.0. The number of carbonyl (C=O) groups is 2. The van der Waals surface area contributed by atoms with E-state index < -0.39 is 17.4 Å². The predicted octanol–water partition coefficient (Wildman–Crippen LogP) is 1.98. The molecule has 0 bridgehead atoms. The van der Waals surface area contributed by atoms with Crippen molar-refractivity contribution >= 4 is 29.2 Å². The van der Waals surface area contributed by atoms with Crippen LogP contribution in [0.5, 0.6) is 0 Å². The molecule has 1 heterocycles. The van der Waals surface area contributed by atoms with Gasteiger partial charge in [-0.1, -0.05) is 17.7 Å². The van der Waals surface area contributed by atoms with E-state index in [2.05, 4.69) is 10.3 Å². The maximum Gasteiger partial charge on any atom is 0.339 e. The van der Waals surface area contributed by atoms with Gasteiger partial charge in [-0.3, -0.25) is 9.59 Å². The van der Waals surface area contributed by atoms with Gasteiger partial charge in [0.1, 0.15) is 5.56 Å². The molecule has 1 amide bonds. The Morgan fingerprint density at radius 3 is 2.65 bits per heavy atom. The quantitative estimate of drug-likeness (QED) is 0.805. The van der Waals surface area contributed by atoms with Gasteiger partial charge in [-0.25, -0.2) is 4.79 Å². The van der Waals surface area contributed by atoms with Crippen LogP contribution in [0.2, 0.25) is 5.02 Å². The summed E-state index contributed by atoms with van der Waals surface area (Å²) in [6.07, 6.45) is 1.33. The second-order valence-electron chi connectivity index (χ2n) is 3.86. The fourth-order valence-corrected chi connectivity index (χ4v) is 1.88. The van der Waals surface area contributed by atoms with Gasteiger partial charge >= 0.3 is 5.97 Å². The van der Waals surface area contributed by atoms with Crippen LogP contribution in [0.3, 0.4) is 0 Å². The number of benzene rings is 1. The van der Waals surface area contributed by atoms with Crippen LogP contribution < -0.4 is 10.9 Å². The number of aromatic carboxylic acids is 1. The van der Waals surface area contributed by atoms with E-state index in [4.69, 9.17) is 16.7 Å². The molecule has 0 saturated heterocycles. The zero-order chi connectivity index (χ0) is 14.7. The summed E-state index contributed by atoms with van der Waals surface area (Å²) < 4.78 is 0. The second-order valence-corrected chi connectivity index (χ2v) is 4.27. The molecule has 102 valence electrons. The zero-order valence-corrected chi connectivity index (χ0v) is 10.8. The summed E-state index contributed by atoms with van der Waals surface area (Å²) in [5.41, 5.74) is -0.449. The first kappa shape index (κ1) is 13.8. The van der Waals surface area contributed by atoms with Gasteiger partial charge in [-0.15, -0.1) is 0 Å². The maximum atomic E-state index is 12.0. The minimum absolute atomic E-state index is 0.0150. The minimum atomic E-state index is -1.25. The summed E-state index contributed by atoms with van der Waals surface area (Å²) in [5.74, 6) is -1.85. The molecule has 0 saturated carbocycles. The Labute approximate surface area is 118 Å². The Morgan fingerprint density at radius 1 is 1.25 bits per heavy atom. The van der Waals surface area contributed by atoms with E-state index in [9.17, 15) is 14.4 Å². The summed E-state index contributed by atoms with van der Waals surface area (Å²) >= 11 is 5.79. The lowest BCUT2D eigenvalue weighted by Gasteiger charge is -2.09. The number of carboxylic acid groups (broad SMARTS) is 1. The second kappa shape index (κ2) is 5.58. The summed E-state index contributed by atoms with van der Waals surface area (Å²) in [7, 11) is 0. The van der Waals surface area contributed by atoms with Gasteiger partial charge in [-0.2, -0.15) is 0 Å². The average Bonchev–Trinajstić information content (AvgIpc) is 2.38. The Hall–Kier alpha value is -2.60. The molecule has 7 heteroatoms. The number of carbonyl (C=O) groups excluding carboxylic acids is 1. The fourth-order valence-electron chi connectivity index (χ4n) is 1.63. The Morgan fingerprint density at radius 2 is 2.00 bits per heavy atom. The predicted molar refractivity (Wildman–Crippen MR) is 73.4 cm³/mol. The molecule has 0 fully saturated rings. The van der Waals surface area contributed by atoms with E-state index >= 15 is 0 Å². The van der Waals surface area contributed by atoms with Crippen molar-refractivity contribution in [1.29, 1.82) is 0 Å². The van der Waals surface area contributed by atoms with Crippen molar-refractivity contribution < 1.29 is 14.7 Å². The van der Waals surface area contributed by atoms with Crippen molar-refractivity contribution in [3.63, 3.8) is 0 Å². The van der Waals surface area contributed by atoms with Crippen molar-refractivity contribution in [2.75, 3.05) is 5.32 Å². The molecule has 1 aromatic carbocycles. The third-order valence-corrected chi connectivity index (χ3v) is 2.83. The van der Waals surface area contributed by atoms with E-state index in [0.717, 1.165) is 6.07 Å². The molecule has 1 aromatic heterocycles. The first-order chi connectivity index (χ1) is 9.49. The number of anilines is 1. The van der Waals surface area contributed by atoms with E-state index in [-0.39, 0.29) is 21.8 Å². The molecule has 0 spiro atoms. The number of hydrogen-bond acceptors (Lipinski definition) is 3. The van der Waals surface area contributed by atoms with Crippen molar-refractivity contribution in [3.8, 4) is 0 Å². The smallest absolute Gasteiger partial charge is 0.339 e. The highest BCUT2D eigenvalue weighted by molar-refractivity contribution is 6.34. The minimum Gasteiger partial charge on any atom is -0.478 e. The Kier molecular flexibility index (Phi) is 3.86. The van der Waals surface area contributed by atoms with E-state index in [1.54, 1.807) is 0 Å². The Balaban J connectivity index is 2.36. The van der Waals surface area contributed by atoms with Crippen LogP contribution in [0.1, 0.15) is 20.7 Å². The Bertz CT molecular complexity index is 739. The number of aromatic nitrogens is 1. The van der Waals surface area contributed by atoms with E-state index in [1.165, 1.54) is 30.5 Å². The SMILES string of the molecule is O=C(Nc1cccc(Cl)c1C(=O)O)c1cc[nH]c(=O)c1. The van der Waals surface area contributed by atoms with Gasteiger partial charge in [0, 0.05) is 17.8 Å². The lowest BCUT2D eigenvalue weighted by Crippen LogP contribution is -2.17. The number of amides is 1. The molecular weight excluding hydrogens is 284 g/mol. The van der Waals surface area contributed by atoms with Crippen molar-refractivity contribution in [3.05, 3.63) is 63.0 Å². The number of carboxylic acids is 1. The third kappa shape index (κ3) is 2.86. The van der Waals surface area contributed by atoms with Crippen LogP contribution in [0.4, 0.5) is 5.69 Å². The monoisotopic (exact) mass is 292 g/mol. The summed E-state index contributed by atoms with van der Waals surface area (Å²) in [4.78, 5) is 36.6. The summed E-state index contributed by atoms with van der Waals surface area (Å²) in [6.45, 7) is 0. The van der Waals surface area contributed by atoms with Crippen molar-refractivity contribution in [2.45, 2.75) is 0 Å². The highest BCUT2D eigenvalue weighted by atomic mass is 35.5. The van der Waals surface area contributed by atoms with E-state index in [1.807, 2.05) is 0 Å². The lowest BCUT2D eigenvalue weighted by molar-refractivity contribution is 0.0698. The van der Waals surface area contributed by atoms with Crippen LogP contribution in [-0.2, 0) is 0 Å². The molecule has 0 radical (unpaired) electrons. The molecule has 0 atom stereocenters. The largest absolute Gasteiger partial charge is 0.478 e. The van der Waals surface area contributed by atoms with Crippen LogP contribution in [0.15, 0.2) is 41.3 Å². The topological polar surface area (TPSA) is 99.3 Å². The van der Waals surface area contributed by atoms with Crippen molar-refractivity contribution in [1.82, 2.24) is 4.98 Å². The summed E-state index contributed by atoms with van der Waals surface area (Å²) in [5, 5.41) is 11.5. The van der Waals surface area contributed by atoms with Gasteiger partial charge in [0.05, 0.1) is 10.7 Å². The molecule has 0 aliphatic carbocycles. The highest BCUT2D eigenvalue weighted by Gasteiger charge is 2.16. The average molecular weight is 293 g/mol. The molecule has 0 aliphatic rings. The van der Waals surface area contributed by atoms with Gasteiger partial charge in [0.25, 0.3) is 5.91 Å². The lowest BCUT2D eigenvalue weighted by atomic mass is 10.1. The van der Waals surface area contributed by atoms with Crippen LogP contribution in [0, 0.1) is 0 Å². The number of pyridine rings is 1. The van der Waals surface area contributed by atoms with Crippen molar-refractivity contribution in [2.24, 2.45) is 0 Å². The van der Waals surface area contributed by atoms with E-state index in [0.29, 0.717) is 0 Å². The molecule has 0 aliphatic heterocycles. The molecule has 0 unspecified atom stereocenters. The van der Waals surface area contributed by atoms with Gasteiger partial charge in [0.15, 0.2) is 0 Å². The van der Waals surface area contributed by atoms with Gasteiger partial charge in [-0.05, 0) is 18.2 Å². The normalized spacial score (nSPS) is 10.1. The first-order valence-corrected chi connectivity index (χ1v) is 5.88. The molecule has 2 aromatic rings. The first-order valence-electron chi connectivity index (χ1n) is 5.51. The maximum absolute atomic E-state index is 12.0. The van der Waals surface area contributed by atoms with Crippen LogP contribution >= 0.6 is 11.6 Å². The van der Waals surface area contributed by atoms with Crippen LogP contribution in [-0.4, -0.2) is 22.0 Å². The summed E-state index contributed by atoms with van der Waals surface area (Å²) in [6, 6.07) is 6.86. The molecule has 6 nitrogen and oxygen atoms in total. The molecule has 20 heavy (non-hydrogen) atoms. The van der Waals surface area contributed by atoms with Crippen LogP contribution in [0.25, 0.3) is 0 Å². The number of halogens is 1. The highest BCUT2D eigenvalue weighted by Crippen LogP contribution is 2.24. The van der Waals surface area contributed by atoms with Gasteiger partial charge in [0.2, 0.25) is 5.56 Å². The molecular formula is C13H9ClN2O4. The molecule has 3 N–H and O–H groups in total. The number of aromatic amines is 1. The standard InChI is InChI=1S/C13H9ClN2O4/c14-8-2-1-3-9(11(8)13(19)20)16-12(18)7-4-5-15-10(17)6-7/h1-6H,(H,15,17)(H,16,18)(H,19,20). The number of H-pyrrole nitrogens is 1. The molecule has 2 rings (SSSR count). The number of hydrogen-bond donors (Lipinski definition) is 3. The number of nitrogens with one attached hydrogen (secondary N) is 2. The number of rotatable bonds is 3. The fraction of sp³-hybridized carbons (Fsp3) is 0. The third-order valence-electron chi connectivity index (χ3n) is 2.51. The van der Waals surface area contributed by atoms with Gasteiger partial charge < -0.3 is 15.4 Å².